The number of benzene rings is 2. The number of halogens is 1. The number of ether oxygens (including phenoxy) is 1. The minimum absolute atomic E-state index is 0.0429. The Hall–Kier alpha value is -3.79. The molecule has 7 heteroatoms. The van der Waals surface area contributed by atoms with Crippen LogP contribution in [0.4, 0.5) is 10.1 Å². The lowest BCUT2D eigenvalue weighted by Crippen LogP contribution is -2.16. The lowest BCUT2D eigenvalue weighted by molar-refractivity contribution is -0.115. The molecule has 1 heterocycles. The third kappa shape index (κ3) is 5.85. The van der Waals surface area contributed by atoms with Gasteiger partial charge in [-0.3, -0.25) is 9.78 Å². The molecule has 0 saturated carbocycles. The number of carbonyl (C=O) groups is 1. The maximum atomic E-state index is 13.0. The summed E-state index contributed by atoms with van der Waals surface area (Å²) in [7, 11) is 1.55. The van der Waals surface area contributed by atoms with Crippen LogP contribution in [-0.2, 0) is 24.1 Å². The van der Waals surface area contributed by atoms with Gasteiger partial charge in [0.1, 0.15) is 17.6 Å². The number of aromatic nitrogens is 2. The van der Waals surface area contributed by atoms with Gasteiger partial charge in [-0.25, -0.2) is 9.37 Å². The van der Waals surface area contributed by atoms with Gasteiger partial charge in [-0.1, -0.05) is 18.2 Å². The summed E-state index contributed by atoms with van der Waals surface area (Å²) < 4.78 is 18.4. The Morgan fingerprint density at radius 1 is 1.10 bits per heavy atom. The van der Waals surface area contributed by atoms with E-state index in [0.29, 0.717) is 17.1 Å². The minimum atomic E-state index is -0.253. The van der Waals surface area contributed by atoms with Crippen LogP contribution in [0, 0.1) is 17.1 Å². The molecule has 0 bridgehead atoms. The fourth-order valence-corrected chi connectivity index (χ4v) is 3.00. The number of anilines is 1. The highest BCUT2D eigenvalue weighted by Gasteiger charge is 2.11. The maximum Gasteiger partial charge on any atom is 0.230 e. The zero-order valence-corrected chi connectivity index (χ0v) is 16.6. The van der Waals surface area contributed by atoms with Crippen molar-refractivity contribution in [1.82, 2.24) is 9.97 Å². The van der Waals surface area contributed by atoms with Crippen LogP contribution in [0.1, 0.15) is 28.9 Å². The number of carbonyl (C=O) groups excluding carboxylic acids is 1. The Morgan fingerprint density at radius 3 is 2.50 bits per heavy atom. The van der Waals surface area contributed by atoms with Gasteiger partial charge in [0.05, 0.1) is 37.3 Å². The van der Waals surface area contributed by atoms with E-state index in [4.69, 9.17) is 10.00 Å². The number of amides is 1. The topological polar surface area (TPSA) is 87.9 Å². The van der Waals surface area contributed by atoms with Gasteiger partial charge in [0.25, 0.3) is 0 Å². The number of methoxy groups -OCH3 is 1. The largest absolute Gasteiger partial charge is 0.495 e. The highest BCUT2D eigenvalue weighted by Crippen LogP contribution is 2.26. The third-order valence-electron chi connectivity index (χ3n) is 4.55. The maximum absolute atomic E-state index is 13.0. The molecule has 30 heavy (non-hydrogen) atoms. The van der Waals surface area contributed by atoms with Crippen molar-refractivity contribution in [1.29, 1.82) is 5.26 Å². The summed E-state index contributed by atoms with van der Waals surface area (Å²) in [6.45, 7) is 0. The van der Waals surface area contributed by atoms with Crippen molar-refractivity contribution in [2.45, 2.75) is 25.7 Å². The van der Waals surface area contributed by atoms with Gasteiger partial charge in [-0.2, -0.15) is 5.26 Å². The van der Waals surface area contributed by atoms with E-state index in [0.717, 1.165) is 30.4 Å². The van der Waals surface area contributed by atoms with Crippen LogP contribution >= 0.6 is 0 Å². The molecular formula is C23H21FN4O2. The van der Waals surface area contributed by atoms with Gasteiger partial charge in [0, 0.05) is 0 Å². The van der Waals surface area contributed by atoms with Gasteiger partial charge in [-0.15, -0.1) is 0 Å². The molecule has 6 nitrogen and oxygen atoms in total. The van der Waals surface area contributed by atoms with E-state index >= 15 is 0 Å². The predicted molar refractivity (Wildman–Crippen MR) is 110 cm³/mol. The van der Waals surface area contributed by atoms with E-state index in [9.17, 15) is 9.18 Å². The summed E-state index contributed by atoms with van der Waals surface area (Å²) >= 11 is 0. The van der Waals surface area contributed by atoms with Gasteiger partial charge in [-0.05, 0) is 54.7 Å². The van der Waals surface area contributed by atoms with Crippen LogP contribution in [-0.4, -0.2) is 23.0 Å². The SMILES string of the molecule is COc1cc(CCCc2ccc(F)cc2)ccc1NC(=O)Cc1cnc(C#N)cn1. The molecule has 0 aliphatic heterocycles. The van der Waals surface area contributed by atoms with Gasteiger partial charge >= 0.3 is 0 Å². The standard InChI is InChI=1S/C23H21FN4O2/c1-30-22-11-17(4-2-3-16-5-8-18(24)9-6-16)7-10-21(22)28-23(29)12-19-14-27-20(13-25)15-26-19/h5-11,14-15H,2-4,12H2,1H3,(H,28,29). The lowest BCUT2D eigenvalue weighted by Gasteiger charge is -2.12. The van der Waals surface area contributed by atoms with Crippen LogP contribution in [0.3, 0.4) is 0 Å². The Morgan fingerprint density at radius 2 is 1.83 bits per heavy atom. The van der Waals surface area contributed by atoms with Crippen molar-refractivity contribution < 1.29 is 13.9 Å². The van der Waals surface area contributed by atoms with Crippen molar-refractivity contribution in [2.75, 3.05) is 12.4 Å². The number of hydrogen-bond acceptors (Lipinski definition) is 5. The Balaban J connectivity index is 1.56. The zero-order valence-electron chi connectivity index (χ0n) is 16.6. The summed E-state index contributed by atoms with van der Waals surface area (Å²) in [6.07, 6.45) is 5.40. The second kappa shape index (κ2) is 10.1. The van der Waals surface area contributed by atoms with Crippen LogP contribution in [0.2, 0.25) is 0 Å². The molecule has 3 rings (SSSR count). The first-order valence-corrected chi connectivity index (χ1v) is 9.49. The second-order valence-corrected chi connectivity index (χ2v) is 6.74. The van der Waals surface area contributed by atoms with Crippen molar-refractivity contribution in [3.8, 4) is 11.8 Å². The lowest BCUT2D eigenvalue weighted by atomic mass is 10.0. The van der Waals surface area contributed by atoms with Crippen molar-refractivity contribution in [2.24, 2.45) is 0 Å². The monoisotopic (exact) mass is 404 g/mol. The van der Waals surface area contributed by atoms with E-state index in [2.05, 4.69) is 15.3 Å². The van der Waals surface area contributed by atoms with Crippen LogP contribution in [0.15, 0.2) is 54.9 Å². The molecule has 0 aliphatic carbocycles. The van der Waals surface area contributed by atoms with Crippen LogP contribution in [0.25, 0.3) is 0 Å². The number of nitrogens with zero attached hydrogens (tertiary/aromatic N) is 3. The zero-order chi connectivity index (χ0) is 21.3. The summed E-state index contributed by atoms with van der Waals surface area (Å²) in [4.78, 5) is 20.3. The first-order valence-electron chi connectivity index (χ1n) is 9.49. The molecule has 0 spiro atoms. The molecule has 1 N–H and O–H groups in total. The van der Waals surface area contributed by atoms with Crippen molar-refractivity contribution in [3.05, 3.63) is 83.2 Å². The minimum Gasteiger partial charge on any atom is -0.495 e. The van der Waals surface area contributed by atoms with Gasteiger partial charge in [0.2, 0.25) is 5.91 Å². The number of nitrogens with one attached hydrogen (secondary N) is 1. The number of rotatable bonds is 8. The summed E-state index contributed by atoms with van der Waals surface area (Å²) in [5.41, 5.74) is 3.44. The van der Waals surface area contributed by atoms with E-state index in [1.807, 2.05) is 24.3 Å². The Labute approximate surface area is 174 Å². The number of hydrogen-bond donors (Lipinski definition) is 1. The molecule has 0 unspecified atom stereocenters. The first-order chi connectivity index (χ1) is 14.6. The average Bonchev–Trinajstić information content (AvgIpc) is 2.76. The molecule has 0 saturated heterocycles. The number of aryl methyl sites for hydroxylation is 2. The Bertz CT molecular complexity index is 1040. The normalized spacial score (nSPS) is 10.3. The third-order valence-corrected chi connectivity index (χ3v) is 4.55. The summed E-state index contributed by atoms with van der Waals surface area (Å²) in [6, 6.07) is 14.1. The number of nitriles is 1. The molecule has 1 aromatic heterocycles. The van der Waals surface area contributed by atoms with Gasteiger partial charge in [0.15, 0.2) is 5.69 Å². The van der Waals surface area contributed by atoms with E-state index in [1.54, 1.807) is 19.2 Å². The van der Waals surface area contributed by atoms with Crippen molar-refractivity contribution in [3.63, 3.8) is 0 Å². The summed E-state index contributed by atoms with van der Waals surface area (Å²) in [5.74, 6) is 0.0947. The molecule has 152 valence electrons. The van der Waals surface area contributed by atoms with Gasteiger partial charge < -0.3 is 10.1 Å². The Kier molecular flexibility index (Phi) is 7.06. The van der Waals surface area contributed by atoms with Crippen LogP contribution < -0.4 is 10.1 Å². The van der Waals surface area contributed by atoms with E-state index in [1.165, 1.54) is 24.5 Å². The molecule has 0 aliphatic rings. The van der Waals surface area contributed by atoms with E-state index < -0.39 is 0 Å². The second-order valence-electron chi connectivity index (χ2n) is 6.74. The highest BCUT2D eigenvalue weighted by molar-refractivity contribution is 5.93. The fourth-order valence-electron chi connectivity index (χ4n) is 3.00. The molecule has 1 amide bonds. The fraction of sp³-hybridized carbons (Fsp3) is 0.217. The molecule has 3 aromatic rings. The van der Waals surface area contributed by atoms with Crippen LogP contribution in [0.5, 0.6) is 5.75 Å². The smallest absolute Gasteiger partial charge is 0.230 e. The molecular weight excluding hydrogens is 383 g/mol. The summed E-state index contributed by atoms with van der Waals surface area (Å²) in [5, 5.41) is 11.6. The quantitative estimate of drug-likeness (QED) is 0.616. The highest BCUT2D eigenvalue weighted by atomic mass is 19.1. The van der Waals surface area contributed by atoms with Crippen molar-refractivity contribution >= 4 is 11.6 Å². The predicted octanol–water partition coefficient (Wildman–Crippen LogP) is 3.85. The van der Waals surface area contributed by atoms with E-state index in [-0.39, 0.29) is 23.8 Å². The first kappa shape index (κ1) is 20.9. The molecule has 0 fully saturated rings. The molecule has 0 radical (unpaired) electrons. The molecule has 2 aromatic carbocycles. The molecule has 0 atom stereocenters. The average molecular weight is 404 g/mol.